The zero-order chi connectivity index (χ0) is 29.1. The Bertz CT molecular complexity index is 1500. The number of rotatable bonds is 6. The van der Waals surface area contributed by atoms with Gasteiger partial charge in [0.1, 0.15) is 5.75 Å². The Morgan fingerprint density at radius 1 is 1.00 bits per heavy atom. The van der Waals surface area contributed by atoms with Crippen LogP contribution in [0.25, 0.3) is 0 Å². The molecular formula is C20H17Cl2F6N3O6S2. The van der Waals surface area contributed by atoms with Crippen LogP contribution in [0.4, 0.5) is 26.3 Å². The van der Waals surface area contributed by atoms with Gasteiger partial charge in [0.2, 0.25) is 5.91 Å². The first kappa shape index (κ1) is 29.7. The quantitative estimate of drug-likeness (QED) is 0.265. The number of aryl methyl sites for hydroxylation is 1. The summed E-state index contributed by atoms with van der Waals surface area (Å²) < 4.78 is 127. The van der Waals surface area contributed by atoms with E-state index in [2.05, 4.69) is 9.28 Å². The molecule has 2 aliphatic rings. The van der Waals surface area contributed by atoms with Crippen LogP contribution in [0.5, 0.6) is 5.75 Å². The molecule has 1 aromatic heterocycles. The highest BCUT2D eigenvalue weighted by Gasteiger charge is 2.50. The van der Waals surface area contributed by atoms with Crippen molar-refractivity contribution >= 4 is 49.3 Å². The second-order valence-electron chi connectivity index (χ2n) is 8.88. The number of fused-ring (bicyclic) bond motifs is 1. The topological polar surface area (TPSA) is 116 Å². The van der Waals surface area contributed by atoms with E-state index >= 15 is 0 Å². The minimum absolute atomic E-state index is 0.0469. The maximum Gasteiger partial charge on any atom is 0.534 e. The number of hydrogen-bond acceptors (Lipinski definition) is 7. The van der Waals surface area contributed by atoms with Crippen molar-refractivity contribution in [1.29, 1.82) is 0 Å². The Labute approximate surface area is 227 Å². The number of carbonyl (C=O) groups is 1. The molecule has 0 spiro atoms. The molecule has 1 fully saturated rings. The lowest BCUT2D eigenvalue weighted by atomic mass is 9.92. The van der Waals surface area contributed by atoms with Crippen LogP contribution in [-0.2, 0) is 44.2 Å². The van der Waals surface area contributed by atoms with Gasteiger partial charge in [-0.15, -0.1) is 0 Å². The first-order valence-electron chi connectivity index (χ1n) is 11.0. The van der Waals surface area contributed by atoms with Crippen molar-refractivity contribution in [2.45, 2.75) is 49.2 Å². The lowest BCUT2D eigenvalue weighted by Crippen LogP contribution is -2.42. The van der Waals surface area contributed by atoms with Crippen molar-refractivity contribution in [2.24, 2.45) is 5.92 Å². The van der Waals surface area contributed by atoms with E-state index in [1.165, 1.54) is 4.90 Å². The summed E-state index contributed by atoms with van der Waals surface area (Å²) in [5.41, 5.74) is -10.9. The molecule has 0 bridgehead atoms. The molecular weight excluding hydrogens is 627 g/mol. The van der Waals surface area contributed by atoms with Gasteiger partial charge in [-0.3, -0.25) is 4.79 Å². The van der Waals surface area contributed by atoms with Gasteiger partial charge in [0.15, 0.2) is 0 Å². The molecule has 1 aliphatic heterocycles. The average molecular weight is 644 g/mol. The van der Waals surface area contributed by atoms with Crippen LogP contribution in [0, 0.1) is 5.92 Å². The summed E-state index contributed by atoms with van der Waals surface area (Å²) in [5, 5.41) is 2.92. The Kier molecular flexibility index (Phi) is 7.62. The molecule has 0 radical (unpaired) electrons. The van der Waals surface area contributed by atoms with E-state index in [9.17, 15) is 48.0 Å². The standard InChI is InChI=1S/C20H17Cl2F6N3O6S2/c21-15-7-13(37-39(35,36)20(26,27)28)8-16(22)14(15)5-10-3-4-30(18(10)32)12-2-1-11-9-29-31(17(11)6-12)38(33,34)19(23,24)25/h7-10,12H,1-6H2. The van der Waals surface area contributed by atoms with E-state index in [0.29, 0.717) is 12.0 Å². The number of alkyl halides is 6. The van der Waals surface area contributed by atoms with Gasteiger partial charge in [-0.05, 0) is 36.8 Å². The Morgan fingerprint density at radius 3 is 2.18 bits per heavy atom. The average Bonchev–Trinajstić information content (AvgIpc) is 3.37. The Hall–Kier alpha value is -2.24. The maximum absolute atomic E-state index is 13.2. The summed E-state index contributed by atoms with van der Waals surface area (Å²) in [7, 11) is -11.7. The van der Waals surface area contributed by atoms with E-state index < -0.39 is 54.8 Å². The van der Waals surface area contributed by atoms with Crippen molar-refractivity contribution in [3.8, 4) is 5.75 Å². The van der Waals surface area contributed by atoms with Crippen LogP contribution < -0.4 is 4.18 Å². The zero-order valence-corrected chi connectivity index (χ0v) is 22.4. The fourth-order valence-electron chi connectivity index (χ4n) is 4.58. The molecule has 2 aromatic rings. The van der Waals surface area contributed by atoms with Crippen molar-refractivity contribution in [3.05, 3.63) is 45.2 Å². The van der Waals surface area contributed by atoms with Crippen LogP contribution >= 0.6 is 23.2 Å². The highest BCUT2D eigenvalue weighted by atomic mass is 35.5. The maximum atomic E-state index is 13.2. The smallest absolute Gasteiger partial charge is 0.376 e. The van der Waals surface area contributed by atoms with E-state index in [-0.39, 0.29) is 57.6 Å². The SMILES string of the molecule is O=C1C(Cc2c(Cl)cc(OS(=O)(=O)C(F)(F)F)cc2Cl)CCN1C1CCc2cnn(S(=O)(=O)C(F)(F)F)c2C1. The van der Waals surface area contributed by atoms with Crippen LogP contribution in [0.15, 0.2) is 18.3 Å². The summed E-state index contributed by atoms with van der Waals surface area (Å²) in [6.45, 7) is 0.198. The van der Waals surface area contributed by atoms with Gasteiger partial charge >= 0.3 is 31.2 Å². The van der Waals surface area contributed by atoms with Gasteiger partial charge in [0.05, 0.1) is 11.9 Å². The summed E-state index contributed by atoms with van der Waals surface area (Å²) in [6.07, 6.45) is 1.63. The third-order valence-corrected chi connectivity index (χ3v) is 9.47. The predicted octanol–water partition coefficient (Wildman–Crippen LogP) is 4.06. The second kappa shape index (κ2) is 9.99. The van der Waals surface area contributed by atoms with E-state index in [1.54, 1.807) is 0 Å². The lowest BCUT2D eigenvalue weighted by molar-refractivity contribution is -0.133. The molecule has 216 valence electrons. The number of likely N-dealkylation sites (tertiary alicyclic amines) is 1. The number of benzene rings is 1. The van der Waals surface area contributed by atoms with Crippen molar-refractivity contribution in [1.82, 2.24) is 14.1 Å². The van der Waals surface area contributed by atoms with Gasteiger partial charge in [0, 0.05) is 47.1 Å². The van der Waals surface area contributed by atoms with E-state index in [4.69, 9.17) is 23.2 Å². The first-order chi connectivity index (χ1) is 17.8. The zero-order valence-electron chi connectivity index (χ0n) is 19.3. The minimum Gasteiger partial charge on any atom is -0.376 e. The highest BCUT2D eigenvalue weighted by Crippen LogP contribution is 2.38. The van der Waals surface area contributed by atoms with Gasteiger partial charge in [-0.25, -0.2) is 0 Å². The number of halogens is 8. The second-order valence-corrected chi connectivity index (χ2v) is 13.0. The van der Waals surface area contributed by atoms with Gasteiger partial charge in [-0.1, -0.05) is 23.2 Å². The summed E-state index contributed by atoms with van der Waals surface area (Å²) in [6, 6.07) is 1.02. The molecule has 1 aromatic carbocycles. The Morgan fingerprint density at radius 2 is 1.62 bits per heavy atom. The molecule has 1 saturated heterocycles. The number of hydrogen-bond donors (Lipinski definition) is 0. The van der Waals surface area contributed by atoms with Gasteiger partial charge in [0.25, 0.3) is 0 Å². The molecule has 1 aliphatic carbocycles. The molecule has 0 N–H and O–H groups in total. The fraction of sp³-hybridized carbons (Fsp3) is 0.500. The molecule has 2 atom stereocenters. The van der Waals surface area contributed by atoms with Crippen molar-refractivity contribution < 1.29 is 52.2 Å². The minimum atomic E-state index is -5.97. The molecule has 4 rings (SSSR count). The van der Waals surface area contributed by atoms with Gasteiger partial charge < -0.3 is 9.08 Å². The molecule has 19 heteroatoms. The highest BCUT2D eigenvalue weighted by molar-refractivity contribution is 7.90. The summed E-state index contributed by atoms with van der Waals surface area (Å²) in [5.74, 6) is -1.90. The summed E-state index contributed by atoms with van der Waals surface area (Å²) in [4.78, 5) is 14.6. The Balaban J connectivity index is 1.49. The van der Waals surface area contributed by atoms with Crippen molar-refractivity contribution in [2.75, 3.05) is 6.54 Å². The molecule has 1 amide bonds. The normalized spacial score (nSPS) is 20.8. The van der Waals surface area contributed by atoms with E-state index in [0.717, 1.165) is 18.3 Å². The first-order valence-corrected chi connectivity index (χ1v) is 14.6. The molecule has 9 nitrogen and oxygen atoms in total. The third-order valence-electron chi connectivity index (χ3n) is 6.46. The summed E-state index contributed by atoms with van der Waals surface area (Å²) >= 11 is 12.2. The monoisotopic (exact) mass is 643 g/mol. The molecule has 2 unspecified atom stereocenters. The van der Waals surface area contributed by atoms with Gasteiger partial charge in [-0.2, -0.15) is 52.4 Å². The predicted molar refractivity (Wildman–Crippen MR) is 124 cm³/mol. The van der Waals surface area contributed by atoms with Crippen molar-refractivity contribution in [3.63, 3.8) is 0 Å². The number of carbonyl (C=O) groups excluding carboxylic acids is 1. The van der Waals surface area contributed by atoms with Crippen LogP contribution in [-0.4, -0.2) is 60.4 Å². The third kappa shape index (κ3) is 5.54. The molecule has 39 heavy (non-hydrogen) atoms. The van der Waals surface area contributed by atoms with Crippen LogP contribution in [0.3, 0.4) is 0 Å². The molecule has 2 heterocycles. The fourth-order valence-corrected chi connectivity index (χ4v) is 6.50. The number of nitrogens with zero attached hydrogens (tertiary/aromatic N) is 3. The van der Waals surface area contributed by atoms with Crippen LogP contribution in [0.1, 0.15) is 29.7 Å². The lowest BCUT2D eigenvalue weighted by Gasteiger charge is -2.31. The largest absolute Gasteiger partial charge is 0.534 e. The molecule has 0 saturated carbocycles. The number of amides is 1. The van der Waals surface area contributed by atoms with E-state index in [1.807, 2.05) is 0 Å². The number of aromatic nitrogens is 2. The van der Waals surface area contributed by atoms with Crippen LogP contribution in [0.2, 0.25) is 10.0 Å².